The van der Waals surface area contributed by atoms with Gasteiger partial charge in [0.25, 0.3) is 0 Å². The number of amides is 1. The quantitative estimate of drug-likeness (QED) is 0.732. The van der Waals surface area contributed by atoms with Gasteiger partial charge in [-0.15, -0.1) is 0 Å². The number of carbonyl (C=O) groups excluding carboxylic acids is 1. The Labute approximate surface area is 142 Å². The summed E-state index contributed by atoms with van der Waals surface area (Å²) in [5.41, 5.74) is 2.88. The number of anilines is 1. The van der Waals surface area contributed by atoms with E-state index in [2.05, 4.69) is 29.5 Å². The van der Waals surface area contributed by atoms with Crippen LogP contribution in [0.3, 0.4) is 0 Å². The second kappa shape index (κ2) is 7.59. The maximum atomic E-state index is 12.4. The van der Waals surface area contributed by atoms with E-state index in [1.54, 1.807) is 10.9 Å². The molecule has 1 unspecified atom stereocenters. The molecule has 2 aromatic carbocycles. The molecule has 0 radical (unpaired) electrons. The second-order valence-electron chi connectivity index (χ2n) is 5.78. The number of para-hydroxylation sites is 1. The number of carbonyl (C=O) groups is 1. The number of nitrogens with zero attached hydrogens (tertiary/aromatic N) is 2. The Kier molecular flexibility index (Phi) is 5.06. The third kappa shape index (κ3) is 3.90. The zero-order chi connectivity index (χ0) is 16.8. The van der Waals surface area contributed by atoms with E-state index >= 15 is 0 Å². The summed E-state index contributed by atoms with van der Waals surface area (Å²) in [4.78, 5) is 12.4. The largest absolute Gasteiger partial charge is 0.323 e. The molecule has 122 valence electrons. The zero-order valence-corrected chi connectivity index (χ0v) is 13.7. The third-order valence-corrected chi connectivity index (χ3v) is 4.08. The van der Waals surface area contributed by atoms with Crippen molar-refractivity contribution < 1.29 is 4.79 Å². The van der Waals surface area contributed by atoms with Crippen molar-refractivity contribution in [2.24, 2.45) is 0 Å². The first kappa shape index (κ1) is 16.0. The van der Waals surface area contributed by atoms with E-state index in [-0.39, 0.29) is 11.8 Å². The minimum atomic E-state index is 0.0123. The summed E-state index contributed by atoms with van der Waals surface area (Å²) in [6.07, 6.45) is 4.91. The van der Waals surface area contributed by atoms with Crippen LogP contribution in [-0.2, 0) is 4.79 Å². The average Bonchev–Trinajstić information content (AvgIpc) is 3.09. The highest BCUT2D eigenvalue weighted by Gasteiger charge is 2.14. The second-order valence-corrected chi connectivity index (χ2v) is 5.78. The molecule has 1 N–H and O–H groups in total. The lowest BCUT2D eigenvalue weighted by atomic mass is 9.93. The molecule has 4 heteroatoms. The molecule has 0 aliphatic heterocycles. The summed E-state index contributed by atoms with van der Waals surface area (Å²) in [5.74, 6) is 0.244. The van der Waals surface area contributed by atoms with Gasteiger partial charge in [-0.1, -0.05) is 55.5 Å². The van der Waals surface area contributed by atoms with Crippen molar-refractivity contribution in [3.8, 4) is 5.69 Å². The van der Waals surface area contributed by atoms with Gasteiger partial charge in [0, 0.05) is 6.42 Å². The Morgan fingerprint density at radius 2 is 1.75 bits per heavy atom. The third-order valence-electron chi connectivity index (χ3n) is 4.08. The lowest BCUT2D eigenvalue weighted by molar-refractivity contribution is -0.116. The fraction of sp³-hybridized carbons (Fsp3) is 0.200. The highest BCUT2D eigenvalue weighted by atomic mass is 16.1. The molecule has 0 fully saturated rings. The SMILES string of the molecule is CCC(CC(=O)Nc1cnn(-c2ccccc2)c1)c1ccccc1. The van der Waals surface area contributed by atoms with Gasteiger partial charge in [0.2, 0.25) is 5.91 Å². The zero-order valence-electron chi connectivity index (χ0n) is 13.7. The van der Waals surface area contributed by atoms with Gasteiger partial charge < -0.3 is 5.32 Å². The first-order chi connectivity index (χ1) is 11.8. The van der Waals surface area contributed by atoms with Crippen LogP contribution in [0.15, 0.2) is 73.1 Å². The predicted octanol–water partition coefficient (Wildman–Crippen LogP) is 4.39. The maximum Gasteiger partial charge on any atom is 0.225 e. The highest BCUT2D eigenvalue weighted by molar-refractivity contribution is 5.91. The van der Waals surface area contributed by atoms with Crippen molar-refractivity contribution >= 4 is 11.6 Å². The molecule has 0 saturated heterocycles. The van der Waals surface area contributed by atoms with Crippen molar-refractivity contribution in [1.82, 2.24) is 9.78 Å². The molecule has 1 atom stereocenters. The van der Waals surface area contributed by atoms with Crippen LogP contribution in [-0.4, -0.2) is 15.7 Å². The number of hydrogen-bond donors (Lipinski definition) is 1. The van der Waals surface area contributed by atoms with Crippen molar-refractivity contribution in [3.63, 3.8) is 0 Å². The topological polar surface area (TPSA) is 46.9 Å². The molecule has 3 rings (SSSR count). The van der Waals surface area contributed by atoms with Gasteiger partial charge in [0.1, 0.15) is 0 Å². The monoisotopic (exact) mass is 319 g/mol. The summed E-state index contributed by atoms with van der Waals surface area (Å²) in [6.45, 7) is 2.11. The van der Waals surface area contributed by atoms with Crippen LogP contribution in [0.2, 0.25) is 0 Å². The van der Waals surface area contributed by atoms with Crippen LogP contribution in [0, 0.1) is 0 Å². The normalized spacial score (nSPS) is 11.9. The molecule has 1 aromatic heterocycles. The van der Waals surface area contributed by atoms with E-state index in [9.17, 15) is 4.79 Å². The molecule has 3 aromatic rings. The lowest BCUT2D eigenvalue weighted by Crippen LogP contribution is -2.15. The van der Waals surface area contributed by atoms with Gasteiger partial charge in [-0.2, -0.15) is 5.10 Å². The Morgan fingerprint density at radius 1 is 1.08 bits per heavy atom. The van der Waals surface area contributed by atoms with Crippen molar-refractivity contribution in [3.05, 3.63) is 78.6 Å². The van der Waals surface area contributed by atoms with Crippen LogP contribution in [0.4, 0.5) is 5.69 Å². The van der Waals surface area contributed by atoms with E-state index in [4.69, 9.17) is 0 Å². The van der Waals surface area contributed by atoms with Gasteiger partial charge in [-0.05, 0) is 30.0 Å². The standard InChI is InChI=1S/C20H21N3O/c1-2-16(17-9-5-3-6-10-17)13-20(24)22-18-14-21-23(15-18)19-11-7-4-8-12-19/h3-12,14-16H,2,13H2,1H3,(H,22,24). The van der Waals surface area contributed by atoms with E-state index in [1.165, 1.54) is 5.56 Å². The summed E-state index contributed by atoms with van der Waals surface area (Å²) >= 11 is 0. The Morgan fingerprint density at radius 3 is 2.42 bits per heavy atom. The summed E-state index contributed by atoms with van der Waals surface area (Å²) in [7, 11) is 0. The van der Waals surface area contributed by atoms with Gasteiger partial charge in [0.05, 0.1) is 23.8 Å². The predicted molar refractivity (Wildman–Crippen MR) is 96.3 cm³/mol. The van der Waals surface area contributed by atoms with Crippen LogP contribution >= 0.6 is 0 Å². The highest BCUT2D eigenvalue weighted by Crippen LogP contribution is 2.23. The fourth-order valence-electron chi connectivity index (χ4n) is 2.77. The minimum absolute atomic E-state index is 0.0123. The number of nitrogens with one attached hydrogen (secondary N) is 1. The average molecular weight is 319 g/mol. The maximum absolute atomic E-state index is 12.4. The van der Waals surface area contributed by atoms with E-state index in [0.717, 1.165) is 12.1 Å². The molecular weight excluding hydrogens is 298 g/mol. The van der Waals surface area contributed by atoms with E-state index in [1.807, 2.05) is 54.7 Å². The van der Waals surface area contributed by atoms with Crippen LogP contribution in [0.25, 0.3) is 5.69 Å². The van der Waals surface area contributed by atoms with Gasteiger partial charge in [-0.3, -0.25) is 4.79 Å². The molecule has 0 aliphatic carbocycles. The molecule has 1 amide bonds. The number of rotatable bonds is 6. The van der Waals surface area contributed by atoms with Gasteiger partial charge in [0.15, 0.2) is 0 Å². The fourth-order valence-corrected chi connectivity index (χ4v) is 2.77. The first-order valence-electron chi connectivity index (χ1n) is 8.21. The molecule has 0 aliphatic rings. The van der Waals surface area contributed by atoms with Crippen molar-refractivity contribution in [2.75, 3.05) is 5.32 Å². The number of aromatic nitrogens is 2. The number of benzene rings is 2. The molecule has 0 spiro atoms. The lowest BCUT2D eigenvalue weighted by Gasteiger charge is -2.14. The van der Waals surface area contributed by atoms with Gasteiger partial charge >= 0.3 is 0 Å². The molecule has 0 bridgehead atoms. The van der Waals surface area contributed by atoms with E-state index in [0.29, 0.717) is 12.1 Å². The first-order valence-corrected chi connectivity index (χ1v) is 8.21. The van der Waals surface area contributed by atoms with Crippen LogP contribution in [0.5, 0.6) is 0 Å². The molecule has 24 heavy (non-hydrogen) atoms. The molecular formula is C20H21N3O. The van der Waals surface area contributed by atoms with E-state index < -0.39 is 0 Å². The Bertz CT molecular complexity index is 781. The van der Waals surface area contributed by atoms with Crippen LogP contribution < -0.4 is 5.32 Å². The van der Waals surface area contributed by atoms with Crippen molar-refractivity contribution in [1.29, 1.82) is 0 Å². The molecule has 4 nitrogen and oxygen atoms in total. The minimum Gasteiger partial charge on any atom is -0.323 e. The van der Waals surface area contributed by atoms with Crippen molar-refractivity contribution in [2.45, 2.75) is 25.7 Å². The smallest absolute Gasteiger partial charge is 0.225 e. The Balaban J connectivity index is 1.64. The summed E-state index contributed by atoms with van der Waals surface area (Å²) in [5, 5.41) is 7.24. The molecule has 0 saturated carbocycles. The Hall–Kier alpha value is -2.88. The number of hydrogen-bond acceptors (Lipinski definition) is 2. The molecule has 1 heterocycles. The van der Waals surface area contributed by atoms with Crippen LogP contribution in [0.1, 0.15) is 31.2 Å². The summed E-state index contributed by atoms with van der Waals surface area (Å²) < 4.78 is 1.75. The van der Waals surface area contributed by atoms with Gasteiger partial charge in [-0.25, -0.2) is 4.68 Å². The summed E-state index contributed by atoms with van der Waals surface area (Å²) in [6, 6.07) is 20.0.